The quantitative estimate of drug-likeness (QED) is 0.0305. The van der Waals surface area contributed by atoms with Gasteiger partial charge in [0, 0.05) is 0 Å². The maximum Gasteiger partial charge on any atom is -0.00268 e. The molecule has 0 aliphatic rings. The average molecular weight is 1230 g/mol. The Morgan fingerprint density at radius 1 is 0.178 bits per heavy atom. The second kappa shape index (κ2) is 53.9. The fraction of sp³-hybridized carbons (Fsp3) is 0.711. The molecule has 0 saturated heterocycles. The Morgan fingerprint density at radius 2 is 0.311 bits per heavy atom. The van der Waals surface area contributed by atoms with Crippen molar-refractivity contribution in [2.75, 3.05) is 0 Å². The smallest absolute Gasteiger partial charge is 0.00268 e. The van der Waals surface area contributed by atoms with Gasteiger partial charge < -0.3 is 0 Å². The molecule has 4 atom stereocenters. The SMILES string of the molecule is CCCCCCCCC(CCCCCC)Cc1ccc(C(=C(c2ccc(CC(CCCCCC)CCCCCCCC)cc2)c2ccc(CC(CCCCCC)CCCCCCCC)cc2)c2ccc(CC(CCCCCC)CCCCCCCC)cc2)cc1. The molecule has 0 aliphatic carbocycles. The molecule has 0 bridgehead atoms. The van der Waals surface area contributed by atoms with Gasteiger partial charge in [-0.05, 0) is 105 Å². The third-order valence-corrected chi connectivity index (χ3v) is 21.0. The van der Waals surface area contributed by atoms with Gasteiger partial charge in [0.15, 0.2) is 0 Å². The lowest BCUT2D eigenvalue weighted by Gasteiger charge is -2.22. The highest BCUT2D eigenvalue weighted by molar-refractivity contribution is 6.04. The van der Waals surface area contributed by atoms with Gasteiger partial charge in [0.1, 0.15) is 0 Å². The lowest BCUT2D eigenvalue weighted by Crippen LogP contribution is -2.07. The van der Waals surface area contributed by atoms with Crippen LogP contribution in [0.5, 0.6) is 0 Å². The molecule has 0 radical (unpaired) electrons. The van der Waals surface area contributed by atoms with E-state index in [1.165, 1.54) is 390 Å². The van der Waals surface area contributed by atoms with Crippen LogP contribution in [0.2, 0.25) is 0 Å². The highest BCUT2D eigenvalue weighted by Gasteiger charge is 2.21. The molecule has 90 heavy (non-hydrogen) atoms. The van der Waals surface area contributed by atoms with Gasteiger partial charge >= 0.3 is 0 Å². The molecular weight excluding hydrogens is 1080 g/mol. The van der Waals surface area contributed by atoms with E-state index >= 15 is 0 Å². The Kier molecular flexibility index (Phi) is 47.4. The summed E-state index contributed by atoms with van der Waals surface area (Å²) in [6.45, 7) is 18.8. The third kappa shape index (κ3) is 35.8. The molecule has 4 aromatic rings. The number of unbranched alkanes of at least 4 members (excludes halogenated alkanes) is 32. The van der Waals surface area contributed by atoms with Crippen molar-refractivity contribution in [3.8, 4) is 0 Å². The lowest BCUT2D eigenvalue weighted by atomic mass is 9.82. The van der Waals surface area contributed by atoms with Crippen LogP contribution in [0, 0.1) is 23.7 Å². The maximum absolute atomic E-state index is 2.55. The average Bonchev–Trinajstić information content (AvgIpc) is 1.51. The number of hydrogen-bond donors (Lipinski definition) is 0. The zero-order chi connectivity index (χ0) is 64.2. The van der Waals surface area contributed by atoms with Gasteiger partial charge in [-0.25, -0.2) is 0 Å². The first kappa shape index (κ1) is 79.1. The summed E-state index contributed by atoms with van der Waals surface area (Å²) in [7, 11) is 0. The van der Waals surface area contributed by atoms with E-state index in [1.807, 2.05) is 0 Å². The lowest BCUT2D eigenvalue weighted by molar-refractivity contribution is 0.402. The summed E-state index contributed by atoms with van der Waals surface area (Å²) in [6, 6.07) is 40.8. The summed E-state index contributed by atoms with van der Waals surface area (Å²) in [5.41, 5.74) is 14.3. The summed E-state index contributed by atoms with van der Waals surface area (Å²) in [5.74, 6) is 3.09. The molecule has 0 nitrogen and oxygen atoms in total. The van der Waals surface area contributed by atoms with Crippen LogP contribution in [-0.2, 0) is 25.7 Å². The summed E-state index contributed by atoms with van der Waals surface area (Å²) < 4.78 is 0. The number of hydrogen-bond acceptors (Lipinski definition) is 0. The molecular formula is C90H148. The van der Waals surface area contributed by atoms with Crippen LogP contribution in [0.15, 0.2) is 97.1 Å². The fourth-order valence-electron chi connectivity index (χ4n) is 15.2. The largest absolute Gasteiger partial charge is 0.0654 e. The molecule has 0 saturated carbocycles. The monoisotopic (exact) mass is 1230 g/mol. The van der Waals surface area contributed by atoms with Gasteiger partial charge in [0.2, 0.25) is 0 Å². The molecule has 0 aromatic heterocycles. The zero-order valence-electron chi connectivity index (χ0n) is 61.3. The minimum absolute atomic E-state index is 0.772. The second-order valence-electron chi connectivity index (χ2n) is 29.4. The Morgan fingerprint density at radius 3 is 0.467 bits per heavy atom. The van der Waals surface area contributed by atoms with Gasteiger partial charge in [-0.3, -0.25) is 0 Å². The molecule has 0 amide bonds. The van der Waals surface area contributed by atoms with Crippen molar-refractivity contribution in [1.29, 1.82) is 0 Å². The molecule has 0 heterocycles. The van der Waals surface area contributed by atoms with Crippen LogP contribution >= 0.6 is 0 Å². The van der Waals surface area contributed by atoms with Crippen molar-refractivity contribution < 1.29 is 0 Å². The molecule has 0 N–H and O–H groups in total. The van der Waals surface area contributed by atoms with E-state index in [9.17, 15) is 0 Å². The molecule has 4 unspecified atom stereocenters. The van der Waals surface area contributed by atoms with Gasteiger partial charge in [-0.15, -0.1) is 0 Å². The minimum atomic E-state index is 0.772. The first-order chi connectivity index (χ1) is 44.4. The van der Waals surface area contributed by atoms with E-state index in [0.717, 1.165) is 23.7 Å². The van der Waals surface area contributed by atoms with E-state index in [-0.39, 0.29) is 0 Å². The molecule has 4 aromatic carbocycles. The summed E-state index contributed by atoms with van der Waals surface area (Å²) in [4.78, 5) is 0. The Hall–Kier alpha value is -3.38. The number of rotatable bonds is 60. The maximum atomic E-state index is 2.55. The summed E-state index contributed by atoms with van der Waals surface area (Å²) >= 11 is 0. The van der Waals surface area contributed by atoms with Crippen molar-refractivity contribution >= 4 is 11.1 Å². The van der Waals surface area contributed by atoms with E-state index in [4.69, 9.17) is 0 Å². The number of benzene rings is 4. The van der Waals surface area contributed by atoms with Crippen LogP contribution in [0.25, 0.3) is 11.1 Å². The summed E-state index contributed by atoms with van der Waals surface area (Å²) in [5, 5.41) is 0. The molecule has 508 valence electrons. The van der Waals surface area contributed by atoms with Crippen molar-refractivity contribution in [3.63, 3.8) is 0 Å². The van der Waals surface area contributed by atoms with Crippen molar-refractivity contribution in [2.24, 2.45) is 23.7 Å². The predicted octanol–water partition coefficient (Wildman–Crippen LogP) is 30.2. The van der Waals surface area contributed by atoms with Crippen LogP contribution in [0.1, 0.15) is 408 Å². The van der Waals surface area contributed by atoms with E-state index in [0.29, 0.717) is 0 Å². The van der Waals surface area contributed by atoms with Crippen LogP contribution in [-0.4, -0.2) is 0 Å². The van der Waals surface area contributed by atoms with E-state index < -0.39 is 0 Å². The molecule has 0 fully saturated rings. The van der Waals surface area contributed by atoms with Gasteiger partial charge in [-0.1, -0.05) is 461 Å². The van der Waals surface area contributed by atoms with Crippen molar-refractivity contribution in [1.82, 2.24) is 0 Å². The van der Waals surface area contributed by atoms with E-state index in [1.54, 1.807) is 0 Å². The van der Waals surface area contributed by atoms with Crippen molar-refractivity contribution in [2.45, 2.75) is 389 Å². The van der Waals surface area contributed by atoms with Gasteiger partial charge in [-0.2, -0.15) is 0 Å². The van der Waals surface area contributed by atoms with Crippen molar-refractivity contribution in [3.05, 3.63) is 142 Å². The van der Waals surface area contributed by atoms with Gasteiger partial charge in [0.05, 0.1) is 0 Å². The third-order valence-electron chi connectivity index (χ3n) is 21.0. The fourth-order valence-corrected chi connectivity index (χ4v) is 15.2. The molecule has 4 rings (SSSR count). The minimum Gasteiger partial charge on any atom is -0.0654 e. The first-order valence-electron chi connectivity index (χ1n) is 40.5. The highest BCUT2D eigenvalue weighted by atomic mass is 14.3. The Labute approximate surface area is 562 Å². The van der Waals surface area contributed by atoms with E-state index in [2.05, 4.69) is 152 Å². The standard InChI is InChI=1S/C90H148/c1-9-17-25-33-37-45-53-77(49-41-29-21-13-5)73-81-57-65-85(66-58-81)89(86-67-59-82(60-68-86)74-78(50-42-30-22-14-6)54-46-38-34-26-18-10-2)90(87-69-61-83(62-70-87)75-79(51-43-31-23-15-7)55-47-39-35-27-19-11-3)88-71-63-84(64-72-88)76-80(52-44-32-24-16-8)56-48-40-36-28-20-12-4/h57-72,77-80H,9-56,73-76H2,1-8H3. The van der Waals surface area contributed by atoms with Crippen LogP contribution < -0.4 is 0 Å². The molecule has 0 heteroatoms. The topological polar surface area (TPSA) is 0 Å². The molecule has 0 spiro atoms. The highest BCUT2D eigenvalue weighted by Crippen LogP contribution is 2.39. The van der Waals surface area contributed by atoms with Crippen LogP contribution in [0.4, 0.5) is 0 Å². The van der Waals surface area contributed by atoms with Gasteiger partial charge in [0.25, 0.3) is 0 Å². The Balaban J connectivity index is 1.87. The Bertz CT molecular complexity index is 1920. The first-order valence-corrected chi connectivity index (χ1v) is 40.5. The summed E-state index contributed by atoms with van der Waals surface area (Å²) in [6.07, 6.45) is 71.0. The normalized spacial score (nSPS) is 13.0. The predicted molar refractivity (Wildman–Crippen MR) is 407 cm³/mol. The zero-order valence-corrected chi connectivity index (χ0v) is 61.3. The van der Waals surface area contributed by atoms with Crippen LogP contribution in [0.3, 0.4) is 0 Å². The second-order valence-corrected chi connectivity index (χ2v) is 29.4. The molecule has 0 aliphatic heterocycles.